The average Bonchev–Trinajstić information content (AvgIpc) is 2.79. The molecule has 0 saturated carbocycles. The van der Waals surface area contributed by atoms with Crippen LogP contribution in [0.1, 0.15) is 55.6 Å². The van der Waals surface area contributed by atoms with Crippen molar-refractivity contribution >= 4 is 5.69 Å². The predicted molar refractivity (Wildman–Crippen MR) is 80.1 cm³/mol. The summed E-state index contributed by atoms with van der Waals surface area (Å²) >= 11 is 0. The highest BCUT2D eigenvalue weighted by atomic mass is 15.2. The first-order chi connectivity index (χ1) is 9.40. The van der Waals surface area contributed by atoms with Gasteiger partial charge in [-0.1, -0.05) is 31.5 Å². The predicted octanol–water partition coefficient (Wildman–Crippen LogP) is 3.24. The maximum Gasteiger partial charge on any atom is 0.0441 e. The minimum Gasteiger partial charge on any atom is -0.367 e. The molecule has 2 nitrogen and oxygen atoms in total. The van der Waals surface area contributed by atoms with Gasteiger partial charge in [0.1, 0.15) is 0 Å². The molecule has 0 radical (unpaired) electrons. The molecule has 4 rings (SSSR count). The molecule has 0 aliphatic carbocycles. The molecule has 3 unspecified atom stereocenters. The van der Waals surface area contributed by atoms with Crippen molar-refractivity contribution in [3.63, 3.8) is 0 Å². The van der Waals surface area contributed by atoms with Gasteiger partial charge in [0.25, 0.3) is 0 Å². The molecule has 0 bridgehead atoms. The number of hydrogen-bond donors (Lipinski definition) is 1. The van der Waals surface area contributed by atoms with Gasteiger partial charge in [-0.25, -0.2) is 0 Å². The molecule has 0 aromatic heterocycles. The van der Waals surface area contributed by atoms with Gasteiger partial charge in [-0.15, -0.1) is 0 Å². The van der Waals surface area contributed by atoms with Crippen LogP contribution < -0.4 is 10.2 Å². The Labute approximate surface area is 116 Å². The number of nitrogens with one attached hydrogen (secondary N) is 1. The summed E-state index contributed by atoms with van der Waals surface area (Å²) in [6.45, 7) is 5.98. The molecule has 0 amide bonds. The van der Waals surface area contributed by atoms with E-state index >= 15 is 0 Å². The number of piperidine rings is 1. The highest BCUT2D eigenvalue weighted by Crippen LogP contribution is 2.50. The van der Waals surface area contributed by atoms with E-state index in [-0.39, 0.29) is 0 Å². The minimum absolute atomic E-state index is 0.740. The molecular weight excluding hydrogens is 232 g/mol. The van der Waals surface area contributed by atoms with E-state index in [1.165, 1.54) is 45.3 Å². The molecule has 2 heteroatoms. The quantitative estimate of drug-likeness (QED) is 0.874. The summed E-state index contributed by atoms with van der Waals surface area (Å²) in [7, 11) is 0. The maximum atomic E-state index is 3.59. The number of para-hydroxylation sites is 1. The second-order valence-corrected chi connectivity index (χ2v) is 6.42. The molecule has 0 spiro atoms. The SMILES string of the molecule is CCCC1CCN2c3c1cccc3C1CNCCC12. The van der Waals surface area contributed by atoms with Gasteiger partial charge in [-0.2, -0.15) is 0 Å². The number of fused-ring (bicyclic) bond motifs is 3. The van der Waals surface area contributed by atoms with Gasteiger partial charge in [-0.05, 0) is 42.9 Å². The fourth-order valence-corrected chi connectivity index (χ4v) is 4.62. The van der Waals surface area contributed by atoms with E-state index in [1.54, 1.807) is 16.8 Å². The van der Waals surface area contributed by atoms with Crippen molar-refractivity contribution in [1.29, 1.82) is 0 Å². The second kappa shape index (κ2) is 4.52. The highest BCUT2D eigenvalue weighted by molar-refractivity contribution is 5.69. The lowest BCUT2D eigenvalue weighted by atomic mass is 9.85. The zero-order valence-electron chi connectivity index (χ0n) is 11.9. The Bertz CT molecular complexity index is 482. The maximum absolute atomic E-state index is 3.59. The van der Waals surface area contributed by atoms with Crippen LogP contribution in [0.4, 0.5) is 5.69 Å². The van der Waals surface area contributed by atoms with E-state index in [0.29, 0.717) is 0 Å². The molecule has 1 aromatic carbocycles. The van der Waals surface area contributed by atoms with E-state index in [9.17, 15) is 0 Å². The molecule has 3 atom stereocenters. The summed E-state index contributed by atoms with van der Waals surface area (Å²) in [5, 5.41) is 3.59. The Morgan fingerprint density at radius 3 is 3.05 bits per heavy atom. The first-order valence-electron chi connectivity index (χ1n) is 8.00. The largest absolute Gasteiger partial charge is 0.367 e. The minimum atomic E-state index is 0.740. The van der Waals surface area contributed by atoms with Crippen molar-refractivity contribution in [2.75, 3.05) is 24.5 Å². The number of hydrogen-bond acceptors (Lipinski definition) is 2. The number of nitrogens with zero attached hydrogens (tertiary/aromatic N) is 1. The Kier molecular flexibility index (Phi) is 2.80. The van der Waals surface area contributed by atoms with Crippen molar-refractivity contribution < 1.29 is 0 Å². The summed E-state index contributed by atoms with van der Waals surface area (Å²) in [6.07, 6.45) is 5.35. The molecule has 3 heterocycles. The van der Waals surface area contributed by atoms with Gasteiger partial charge in [0, 0.05) is 30.7 Å². The number of rotatable bonds is 2. The van der Waals surface area contributed by atoms with Gasteiger partial charge >= 0.3 is 0 Å². The van der Waals surface area contributed by atoms with Crippen LogP contribution in [0.15, 0.2) is 18.2 Å². The molecule has 19 heavy (non-hydrogen) atoms. The van der Waals surface area contributed by atoms with Crippen LogP contribution in [-0.4, -0.2) is 25.7 Å². The van der Waals surface area contributed by atoms with Crippen molar-refractivity contribution in [2.24, 2.45) is 0 Å². The lowest BCUT2D eigenvalue weighted by Crippen LogP contribution is -2.45. The van der Waals surface area contributed by atoms with Gasteiger partial charge in [0.05, 0.1) is 0 Å². The van der Waals surface area contributed by atoms with Crippen LogP contribution in [0.5, 0.6) is 0 Å². The van der Waals surface area contributed by atoms with Crippen LogP contribution >= 0.6 is 0 Å². The summed E-state index contributed by atoms with van der Waals surface area (Å²) in [5.41, 5.74) is 4.92. The van der Waals surface area contributed by atoms with Gasteiger partial charge in [-0.3, -0.25) is 0 Å². The Balaban J connectivity index is 1.80. The molecule has 3 aliphatic rings. The van der Waals surface area contributed by atoms with Crippen LogP contribution in [0.3, 0.4) is 0 Å². The van der Waals surface area contributed by atoms with Crippen molar-refractivity contribution in [3.05, 3.63) is 29.3 Å². The van der Waals surface area contributed by atoms with E-state index in [0.717, 1.165) is 17.9 Å². The Morgan fingerprint density at radius 2 is 2.16 bits per heavy atom. The lowest BCUT2D eigenvalue weighted by Gasteiger charge is -2.38. The van der Waals surface area contributed by atoms with Crippen molar-refractivity contribution in [2.45, 2.75) is 50.5 Å². The van der Waals surface area contributed by atoms with Crippen LogP contribution in [0.2, 0.25) is 0 Å². The third kappa shape index (κ3) is 1.66. The van der Waals surface area contributed by atoms with E-state index in [1.807, 2.05) is 0 Å². The van der Waals surface area contributed by atoms with E-state index in [4.69, 9.17) is 0 Å². The fourth-order valence-electron chi connectivity index (χ4n) is 4.62. The van der Waals surface area contributed by atoms with Crippen LogP contribution in [0.25, 0.3) is 0 Å². The lowest BCUT2D eigenvalue weighted by molar-refractivity contribution is 0.393. The second-order valence-electron chi connectivity index (χ2n) is 6.42. The fraction of sp³-hybridized carbons (Fsp3) is 0.647. The monoisotopic (exact) mass is 256 g/mol. The molecular formula is C17H24N2. The van der Waals surface area contributed by atoms with Crippen LogP contribution in [-0.2, 0) is 0 Å². The van der Waals surface area contributed by atoms with Gasteiger partial charge in [0.15, 0.2) is 0 Å². The third-order valence-electron chi connectivity index (χ3n) is 5.43. The summed E-state index contributed by atoms with van der Waals surface area (Å²) in [4.78, 5) is 2.75. The molecule has 102 valence electrons. The highest BCUT2D eigenvalue weighted by Gasteiger charge is 2.43. The van der Waals surface area contributed by atoms with Crippen molar-refractivity contribution in [3.8, 4) is 0 Å². The molecule has 1 saturated heterocycles. The third-order valence-corrected chi connectivity index (χ3v) is 5.43. The standard InChI is InChI=1S/C17H24N2/c1-2-4-12-8-10-19-16-7-9-18-11-15(16)14-6-3-5-13(12)17(14)19/h3,5-6,12,15-16,18H,2,4,7-11H2,1H3. The summed E-state index contributed by atoms with van der Waals surface area (Å²) < 4.78 is 0. The average molecular weight is 256 g/mol. The molecule has 1 fully saturated rings. The molecule has 3 aliphatic heterocycles. The Hall–Kier alpha value is -1.02. The normalized spacial score (nSPS) is 32.1. The van der Waals surface area contributed by atoms with Gasteiger partial charge < -0.3 is 10.2 Å². The molecule has 1 N–H and O–H groups in total. The zero-order chi connectivity index (χ0) is 12.8. The zero-order valence-corrected chi connectivity index (χ0v) is 11.9. The number of anilines is 1. The first kappa shape index (κ1) is 11.8. The smallest absolute Gasteiger partial charge is 0.0441 e. The van der Waals surface area contributed by atoms with Gasteiger partial charge in [0.2, 0.25) is 0 Å². The molecule has 1 aromatic rings. The van der Waals surface area contributed by atoms with E-state index < -0.39 is 0 Å². The van der Waals surface area contributed by atoms with Crippen LogP contribution in [0, 0.1) is 0 Å². The summed E-state index contributed by atoms with van der Waals surface area (Å²) in [6, 6.07) is 7.87. The van der Waals surface area contributed by atoms with Crippen molar-refractivity contribution in [1.82, 2.24) is 5.32 Å². The Morgan fingerprint density at radius 1 is 1.26 bits per heavy atom. The van der Waals surface area contributed by atoms with E-state index in [2.05, 4.69) is 35.3 Å². The summed E-state index contributed by atoms with van der Waals surface area (Å²) in [5.74, 6) is 1.55. The number of benzene rings is 1. The first-order valence-corrected chi connectivity index (χ1v) is 8.00. The topological polar surface area (TPSA) is 15.3 Å².